The molecule has 1 unspecified atom stereocenters. The molecule has 0 saturated carbocycles. The van der Waals surface area contributed by atoms with Crippen LogP contribution in [0.1, 0.15) is 33.1 Å². The zero-order chi connectivity index (χ0) is 9.52. The maximum Gasteiger partial charge on any atom is 0.000693 e. The molecule has 1 N–H and O–H groups in total. The highest BCUT2D eigenvalue weighted by molar-refractivity contribution is 4.66. The summed E-state index contributed by atoms with van der Waals surface area (Å²) in [6.07, 6.45) is 3.95. The first-order chi connectivity index (χ1) is 6.33. The highest BCUT2D eigenvalue weighted by Gasteiger charge is 2.09. The van der Waals surface area contributed by atoms with Crippen LogP contribution in [0, 0.1) is 5.92 Å². The summed E-state index contributed by atoms with van der Waals surface area (Å²) in [6, 6.07) is 0. The van der Waals surface area contributed by atoms with Gasteiger partial charge in [-0.2, -0.15) is 0 Å². The van der Waals surface area contributed by atoms with Crippen LogP contribution in [-0.4, -0.2) is 37.6 Å². The van der Waals surface area contributed by atoms with Crippen LogP contribution in [0.25, 0.3) is 0 Å². The Morgan fingerprint density at radius 2 is 1.85 bits per heavy atom. The van der Waals surface area contributed by atoms with Crippen LogP contribution < -0.4 is 5.32 Å². The van der Waals surface area contributed by atoms with E-state index in [1.165, 1.54) is 52.0 Å². The van der Waals surface area contributed by atoms with E-state index in [0.717, 1.165) is 5.92 Å². The van der Waals surface area contributed by atoms with E-state index in [1.807, 2.05) is 0 Å². The lowest BCUT2D eigenvalue weighted by Crippen LogP contribution is -2.36. The lowest BCUT2D eigenvalue weighted by Gasteiger charge is -2.27. The van der Waals surface area contributed by atoms with E-state index in [0.29, 0.717) is 0 Å². The van der Waals surface area contributed by atoms with E-state index in [4.69, 9.17) is 0 Å². The molecule has 0 aromatic rings. The van der Waals surface area contributed by atoms with E-state index in [2.05, 4.69) is 24.1 Å². The minimum Gasteiger partial charge on any atom is -0.317 e. The molecule has 2 nitrogen and oxygen atoms in total. The Kier molecular flexibility index (Phi) is 5.40. The fraction of sp³-hybridized carbons (Fsp3) is 1.00. The van der Waals surface area contributed by atoms with Crippen molar-refractivity contribution in [3.63, 3.8) is 0 Å². The van der Waals surface area contributed by atoms with Gasteiger partial charge in [-0.3, -0.25) is 0 Å². The van der Waals surface area contributed by atoms with Gasteiger partial charge in [0.1, 0.15) is 0 Å². The fourth-order valence-electron chi connectivity index (χ4n) is 1.84. The highest BCUT2D eigenvalue weighted by atomic mass is 15.1. The molecule has 0 amide bonds. The van der Waals surface area contributed by atoms with Gasteiger partial charge >= 0.3 is 0 Å². The molecule has 0 aromatic carbocycles. The van der Waals surface area contributed by atoms with E-state index in [-0.39, 0.29) is 0 Å². The Bertz CT molecular complexity index is 117. The second-order valence-electron chi connectivity index (χ2n) is 4.27. The minimum absolute atomic E-state index is 0.868. The molecule has 78 valence electrons. The Hall–Kier alpha value is -0.0800. The van der Waals surface area contributed by atoms with E-state index in [1.54, 1.807) is 0 Å². The molecule has 1 fully saturated rings. The number of hydrogen-bond acceptors (Lipinski definition) is 2. The van der Waals surface area contributed by atoms with Gasteiger partial charge in [0.15, 0.2) is 0 Å². The molecule has 1 aliphatic heterocycles. The molecule has 1 aliphatic rings. The lowest BCUT2D eigenvalue weighted by atomic mass is 10.1. The summed E-state index contributed by atoms with van der Waals surface area (Å²) in [5.41, 5.74) is 0. The summed E-state index contributed by atoms with van der Waals surface area (Å²) < 4.78 is 0. The van der Waals surface area contributed by atoms with Crippen LogP contribution in [0.4, 0.5) is 0 Å². The maximum atomic E-state index is 3.45. The maximum absolute atomic E-state index is 3.45. The van der Waals surface area contributed by atoms with Gasteiger partial charge in [-0.05, 0) is 44.9 Å². The quantitative estimate of drug-likeness (QED) is 0.718. The SMILES string of the molecule is CCC(C)CN1CCCNCCC1. The van der Waals surface area contributed by atoms with Crippen LogP contribution >= 0.6 is 0 Å². The molecule has 1 saturated heterocycles. The third-order valence-corrected chi connectivity index (χ3v) is 2.92. The summed E-state index contributed by atoms with van der Waals surface area (Å²) in [5.74, 6) is 0.868. The number of nitrogens with zero attached hydrogens (tertiary/aromatic N) is 1. The number of nitrogens with one attached hydrogen (secondary N) is 1. The third kappa shape index (κ3) is 4.63. The Balaban J connectivity index is 2.21. The zero-order valence-electron chi connectivity index (χ0n) is 9.18. The molecule has 13 heavy (non-hydrogen) atoms. The standard InChI is InChI=1S/C11H24N2/c1-3-11(2)10-13-8-4-6-12-7-5-9-13/h11-12H,3-10H2,1-2H3. The molecular weight excluding hydrogens is 160 g/mol. The molecule has 0 radical (unpaired) electrons. The number of hydrogen-bond donors (Lipinski definition) is 1. The molecule has 1 heterocycles. The van der Waals surface area contributed by atoms with E-state index >= 15 is 0 Å². The third-order valence-electron chi connectivity index (χ3n) is 2.92. The molecule has 0 spiro atoms. The topological polar surface area (TPSA) is 15.3 Å². The summed E-state index contributed by atoms with van der Waals surface area (Å²) in [5, 5.41) is 3.45. The Labute approximate surface area is 82.7 Å². The van der Waals surface area contributed by atoms with Crippen molar-refractivity contribution in [2.45, 2.75) is 33.1 Å². The first-order valence-electron chi connectivity index (χ1n) is 5.76. The molecule has 0 bridgehead atoms. The van der Waals surface area contributed by atoms with Crippen LogP contribution in [-0.2, 0) is 0 Å². The molecular formula is C11H24N2. The van der Waals surface area contributed by atoms with Gasteiger partial charge in [0, 0.05) is 6.54 Å². The predicted molar refractivity (Wildman–Crippen MR) is 58.0 cm³/mol. The van der Waals surface area contributed by atoms with Crippen LogP contribution in [0.5, 0.6) is 0 Å². The summed E-state index contributed by atoms with van der Waals surface area (Å²) in [4.78, 5) is 2.63. The van der Waals surface area contributed by atoms with E-state index in [9.17, 15) is 0 Å². The van der Waals surface area contributed by atoms with Crippen molar-refractivity contribution in [2.24, 2.45) is 5.92 Å². The van der Waals surface area contributed by atoms with Crippen molar-refractivity contribution < 1.29 is 0 Å². The Morgan fingerprint density at radius 3 is 2.38 bits per heavy atom. The second kappa shape index (κ2) is 6.39. The van der Waals surface area contributed by atoms with Gasteiger partial charge in [-0.25, -0.2) is 0 Å². The predicted octanol–water partition coefficient (Wildman–Crippen LogP) is 1.72. The minimum atomic E-state index is 0.868. The van der Waals surface area contributed by atoms with Crippen molar-refractivity contribution in [3.05, 3.63) is 0 Å². The monoisotopic (exact) mass is 184 g/mol. The molecule has 1 atom stereocenters. The van der Waals surface area contributed by atoms with Gasteiger partial charge < -0.3 is 10.2 Å². The second-order valence-corrected chi connectivity index (χ2v) is 4.27. The van der Waals surface area contributed by atoms with Crippen molar-refractivity contribution >= 4 is 0 Å². The molecule has 2 heteroatoms. The van der Waals surface area contributed by atoms with Gasteiger partial charge in [0.05, 0.1) is 0 Å². The van der Waals surface area contributed by atoms with Crippen LogP contribution in [0.2, 0.25) is 0 Å². The van der Waals surface area contributed by atoms with Crippen molar-refractivity contribution in [1.29, 1.82) is 0 Å². The van der Waals surface area contributed by atoms with E-state index < -0.39 is 0 Å². The smallest absolute Gasteiger partial charge is 0.000693 e. The fourth-order valence-corrected chi connectivity index (χ4v) is 1.84. The average Bonchev–Trinajstić information content (AvgIpc) is 2.09. The first kappa shape index (κ1) is 11.0. The summed E-state index contributed by atoms with van der Waals surface area (Å²) in [6.45, 7) is 10.9. The number of rotatable bonds is 3. The van der Waals surface area contributed by atoms with Crippen molar-refractivity contribution in [3.8, 4) is 0 Å². The normalized spacial score (nSPS) is 23.5. The van der Waals surface area contributed by atoms with Gasteiger partial charge in [-0.1, -0.05) is 20.3 Å². The zero-order valence-corrected chi connectivity index (χ0v) is 9.18. The van der Waals surface area contributed by atoms with Crippen LogP contribution in [0.3, 0.4) is 0 Å². The van der Waals surface area contributed by atoms with Crippen molar-refractivity contribution in [2.75, 3.05) is 32.7 Å². The van der Waals surface area contributed by atoms with Crippen molar-refractivity contribution in [1.82, 2.24) is 10.2 Å². The highest BCUT2D eigenvalue weighted by Crippen LogP contribution is 2.06. The van der Waals surface area contributed by atoms with Gasteiger partial charge in [0.25, 0.3) is 0 Å². The van der Waals surface area contributed by atoms with Gasteiger partial charge in [-0.15, -0.1) is 0 Å². The first-order valence-corrected chi connectivity index (χ1v) is 5.76. The molecule has 0 aromatic heterocycles. The Morgan fingerprint density at radius 1 is 1.23 bits per heavy atom. The average molecular weight is 184 g/mol. The molecule has 1 rings (SSSR count). The molecule has 0 aliphatic carbocycles. The summed E-state index contributed by atoms with van der Waals surface area (Å²) in [7, 11) is 0. The van der Waals surface area contributed by atoms with Gasteiger partial charge in [0.2, 0.25) is 0 Å². The van der Waals surface area contributed by atoms with Crippen LogP contribution in [0.15, 0.2) is 0 Å². The largest absolute Gasteiger partial charge is 0.317 e. The summed E-state index contributed by atoms with van der Waals surface area (Å²) >= 11 is 0. The lowest BCUT2D eigenvalue weighted by molar-refractivity contribution is 0.219.